The second-order valence-corrected chi connectivity index (χ2v) is 8.37. The number of morpholine rings is 1. The first kappa shape index (κ1) is 20.8. The molecule has 0 spiro atoms. The Morgan fingerprint density at radius 3 is 2.50 bits per heavy atom. The Bertz CT molecular complexity index is 824. The van der Waals surface area contributed by atoms with Crippen LogP contribution in [0.4, 0.5) is 11.4 Å². The molecule has 8 nitrogen and oxygen atoms in total. The zero-order chi connectivity index (χ0) is 20.9. The minimum absolute atomic E-state index is 0.0697. The van der Waals surface area contributed by atoms with Crippen molar-refractivity contribution in [2.75, 3.05) is 62.7 Å². The number of hydrogen-bond acceptors (Lipinski definition) is 5. The summed E-state index contributed by atoms with van der Waals surface area (Å²) in [5.74, 6) is 0.941. The number of rotatable bonds is 6. The van der Waals surface area contributed by atoms with Crippen LogP contribution in [0.3, 0.4) is 0 Å². The highest BCUT2D eigenvalue weighted by Crippen LogP contribution is 2.19. The van der Waals surface area contributed by atoms with Crippen LogP contribution in [0.1, 0.15) is 18.4 Å². The normalized spacial score (nSPS) is 23.2. The quantitative estimate of drug-likeness (QED) is 0.572. The lowest BCUT2D eigenvalue weighted by Crippen LogP contribution is -3.29. The van der Waals surface area contributed by atoms with Crippen LogP contribution < -0.4 is 20.0 Å². The maximum atomic E-state index is 12.8. The van der Waals surface area contributed by atoms with E-state index in [0.717, 1.165) is 76.2 Å². The Balaban J connectivity index is 1.24. The fraction of sp³-hybridized carbons (Fsp3) is 0.545. The molecule has 162 valence electrons. The number of aromatic nitrogens is 1. The van der Waals surface area contributed by atoms with Gasteiger partial charge in [0.15, 0.2) is 6.04 Å². The van der Waals surface area contributed by atoms with E-state index in [1.54, 1.807) is 0 Å². The molecule has 4 rings (SSSR count). The van der Waals surface area contributed by atoms with Gasteiger partial charge in [0, 0.05) is 30.5 Å². The predicted molar refractivity (Wildman–Crippen MR) is 114 cm³/mol. The minimum Gasteiger partial charge on any atom is -0.378 e. The Morgan fingerprint density at radius 2 is 1.87 bits per heavy atom. The van der Waals surface area contributed by atoms with Crippen LogP contribution in [0.2, 0.25) is 0 Å². The van der Waals surface area contributed by atoms with Crippen molar-refractivity contribution in [3.8, 4) is 0 Å². The number of nitrogens with one attached hydrogen (secondary N) is 3. The number of aryl methyl sites for hydroxylation is 1. The number of quaternary nitrogens is 2. The van der Waals surface area contributed by atoms with Gasteiger partial charge in [-0.1, -0.05) is 5.16 Å². The van der Waals surface area contributed by atoms with Crippen molar-refractivity contribution in [3.05, 3.63) is 41.8 Å². The van der Waals surface area contributed by atoms with E-state index in [1.807, 2.05) is 32.0 Å². The summed E-state index contributed by atoms with van der Waals surface area (Å²) in [5.41, 5.74) is 3.04. The van der Waals surface area contributed by atoms with Crippen LogP contribution in [-0.4, -0.2) is 69.6 Å². The molecular weight excluding hydrogens is 382 g/mol. The molecule has 0 unspecified atom stereocenters. The molecule has 1 aromatic heterocycles. The zero-order valence-electron chi connectivity index (χ0n) is 17.9. The highest BCUT2D eigenvalue weighted by molar-refractivity contribution is 5.93. The summed E-state index contributed by atoms with van der Waals surface area (Å²) < 4.78 is 10.6. The van der Waals surface area contributed by atoms with E-state index in [1.165, 1.54) is 15.5 Å². The molecule has 1 aromatic carbocycles. The summed E-state index contributed by atoms with van der Waals surface area (Å²) >= 11 is 0. The number of nitrogens with zero attached hydrogens (tertiary/aromatic N) is 2. The Hall–Kier alpha value is -2.42. The molecule has 3 N–H and O–H groups in total. The lowest BCUT2D eigenvalue weighted by molar-refractivity contribution is -1.02. The molecule has 2 aliphatic heterocycles. The van der Waals surface area contributed by atoms with Crippen molar-refractivity contribution >= 4 is 17.3 Å². The molecule has 30 heavy (non-hydrogen) atoms. The SMILES string of the molecule is Cc1cc(C[NH+]2CC[NH+]([C@H](C)C(=O)Nc3ccc(N4CCOCC4)cc3)CC2)no1. The first-order valence-electron chi connectivity index (χ1n) is 10.9. The summed E-state index contributed by atoms with van der Waals surface area (Å²) in [6.07, 6.45) is 0. The van der Waals surface area contributed by atoms with E-state index in [-0.39, 0.29) is 11.9 Å². The van der Waals surface area contributed by atoms with Crippen LogP contribution >= 0.6 is 0 Å². The largest absolute Gasteiger partial charge is 0.378 e. The minimum atomic E-state index is -0.0697. The first-order chi connectivity index (χ1) is 14.6. The molecule has 1 atom stereocenters. The summed E-state index contributed by atoms with van der Waals surface area (Å²) in [6, 6.07) is 10.1. The van der Waals surface area contributed by atoms with Gasteiger partial charge in [-0.25, -0.2) is 0 Å². The number of benzene rings is 1. The maximum Gasteiger partial charge on any atom is 0.282 e. The van der Waals surface area contributed by atoms with Crippen LogP contribution in [0.5, 0.6) is 0 Å². The zero-order valence-corrected chi connectivity index (χ0v) is 17.9. The highest BCUT2D eigenvalue weighted by atomic mass is 16.5. The molecule has 1 amide bonds. The van der Waals surface area contributed by atoms with Crippen molar-refractivity contribution in [2.45, 2.75) is 26.4 Å². The van der Waals surface area contributed by atoms with Crippen molar-refractivity contribution in [1.29, 1.82) is 0 Å². The standard InChI is InChI=1S/C22H31N5O3/c1-17-15-20(24-30-17)16-25-7-9-26(10-8-25)18(2)22(28)23-19-3-5-21(6-4-19)27-11-13-29-14-12-27/h3-6,15,18H,7-14,16H2,1-2H3,(H,23,28)/p+2/t18-/m1/s1. The highest BCUT2D eigenvalue weighted by Gasteiger charge is 2.31. The third-order valence-corrected chi connectivity index (χ3v) is 6.22. The van der Waals surface area contributed by atoms with Crippen LogP contribution in [-0.2, 0) is 16.1 Å². The van der Waals surface area contributed by atoms with E-state index < -0.39 is 0 Å². The fourth-order valence-electron chi connectivity index (χ4n) is 4.30. The van der Waals surface area contributed by atoms with Gasteiger partial charge in [-0.3, -0.25) is 4.79 Å². The number of anilines is 2. The van der Waals surface area contributed by atoms with Gasteiger partial charge in [0.25, 0.3) is 5.91 Å². The molecule has 8 heteroatoms. The lowest BCUT2D eigenvalue weighted by Gasteiger charge is -2.32. The van der Waals surface area contributed by atoms with Gasteiger partial charge >= 0.3 is 0 Å². The summed E-state index contributed by atoms with van der Waals surface area (Å²) in [5, 5.41) is 7.19. The molecule has 0 radical (unpaired) electrons. The van der Waals surface area contributed by atoms with Crippen molar-refractivity contribution in [1.82, 2.24) is 5.16 Å². The van der Waals surface area contributed by atoms with E-state index in [0.29, 0.717) is 0 Å². The average Bonchev–Trinajstić information content (AvgIpc) is 3.19. The van der Waals surface area contributed by atoms with E-state index in [2.05, 4.69) is 27.5 Å². The number of ether oxygens (including phenoxy) is 1. The van der Waals surface area contributed by atoms with Crippen molar-refractivity contribution < 1.29 is 23.9 Å². The first-order valence-corrected chi connectivity index (χ1v) is 10.9. The Kier molecular flexibility index (Phi) is 6.66. The second-order valence-electron chi connectivity index (χ2n) is 8.37. The van der Waals surface area contributed by atoms with Crippen LogP contribution in [0.25, 0.3) is 0 Å². The number of amides is 1. The molecule has 2 aromatic rings. The molecule has 2 saturated heterocycles. The second kappa shape index (κ2) is 9.59. The number of piperazine rings is 1. The van der Waals surface area contributed by atoms with Gasteiger partial charge in [0.2, 0.25) is 0 Å². The summed E-state index contributed by atoms with van der Waals surface area (Å²) in [7, 11) is 0. The number of carbonyl (C=O) groups excluding carboxylic acids is 1. The van der Waals surface area contributed by atoms with E-state index >= 15 is 0 Å². The van der Waals surface area contributed by atoms with Gasteiger partial charge in [-0.2, -0.15) is 0 Å². The summed E-state index contributed by atoms with van der Waals surface area (Å²) in [6.45, 7) is 12.2. The third kappa shape index (κ3) is 5.19. The van der Waals surface area contributed by atoms with Gasteiger partial charge in [-0.15, -0.1) is 0 Å². The number of hydrogen-bond donors (Lipinski definition) is 3. The molecule has 0 bridgehead atoms. The third-order valence-electron chi connectivity index (χ3n) is 6.22. The molecule has 2 aliphatic rings. The van der Waals surface area contributed by atoms with Gasteiger partial charge in [0.1, 0.15) is 44.2 Å². The predicted octanol–water partition coefficient (Wildman–Crippen LogP) is -0.870. The molecule has 0 saturated carbocycles. The lowest BCUT2D eigenvalue weighted by atomic mass is 10.2. The topological polar surface area (TPSA) is 76.5 Å². The maximum absolute atomic E-state index is 12.8. The van der Waals surface area contributed by atoms with Crippen LogP contribution in [0.15, 0.2) is 34.9 Å². The van der Waals surface area contributed by atoms with Crippen molar-refractivity contribution in [2.24, 2.45) is 0 Å². The van der Waals surface area contributed by atoms with Gasteiger partial charge in [0.05, 0.1) is 13.2 Å². The summed E-state index contributed by atoms with van der Waals surface area (Å²) in [4.78, 5) is 17.9. The molecule has 2 fully saturated rings. The van der Waals surface area contributed by atoms with E-state index in [9.17, 15) is 4.79 Å². The van der Waals surface area contributed by atoms with E-state index in [4.69, 9.17) is 9.26 Å². The smallest absolute Gasteiger partial charge is 0.282 e. The Morgan fingerprint density at radius 1 is 1.17 bits per heavy atom. The molecule has 0 aliphatic carbocycles. The number of carbonyl (C=O) groups is 1. The fourth-order valence-corrected chi connectivity index (χ4v) is 4.30. The molecule has 3 heterocycles. The average molecular weight is 416 g/mol. The monoisotopic (exact) mass is 415 g/mol. The van der Waals surface area contributed by atoms with Gasteiger partial charge in [-0.05, 0) is 38.1 Å². The Labute approximate surface area is 177 Å². The molecular formula is C22H33N5O3+2. The van der Waals surface area contributed by atoms with Crippen LogP contribution in [0, 0.1) is 6.92 Å². The van der Waals surface area contributed by atoms with Gasteiger partial charge < -0.3 is 29.3 Å². The van der Waals surface area contributed by atoms with Crippen molar-refractivity contribution in [3.63, 3.8) is 0 Å².